The summed E-state index contributed by atoms with van der Waals surface area (Å²) in [5.41, 5.74) is 4.39. The Bertz CT molecular complexity index is 1030. The molecule has 2 aromatic carbocycles. The van der Waals surface area contributed by atoms with Gasteiger partial charge in [0.05, 0.1) is 31.3 Å². The highest BCUT2D eigenvalue weighted by Gasteiger charge is 2.31. The number of halogens is 1. The van der Waals surface area contributed by atoms with Crippen LogP contribution in [0.4, 0.5) is 4.39 Å². The van der Waals surface area contributed by atoms with E-state index in [0.717, 1.165) is 32.9 Å². The molecule has 0 saturated heterocycles. The molecule has 3 aromatic rings. The molecule has 0 aliphatic rings. The van der Waals surface area contributed by atoms with Crippen molar-refractivity contribution in [1.29, 1.82) is 0 Å². The van der Waals surface area contributed by atoms with Gasteiger partial charge >= 0.3 is 0 Å². The van der Waals surface area contributed by atoms with Gasteiger partial charge in [-0.1, -0.05) is 51.1 Å². The van der Waals surface area contributed by atoms with Crippen LogP contribution in [0.15, 0.2) is 48.5 Å². The molecule has 2 atom stereocenters. The van der Waals surface area contributed by atoms with E-state index in [2.05, 4.69) is 45.9 Å². The Morgan fingerprint density at radius 2 is 1.72 bits per heavy atom. The SMILES string of the molecule is COc1ccc(COCc2cc(C(c3cc(F)c(C(C)O)s3)C(C)(C)C)ccc2C)cc1. The Morgan fingerprint density at radius 3 is 2.28 bits per heavy atom. The van der Waals surface area contributed by atoms with Gasteiger partial charge in [-0.15, -0.1) is 11.3 Å². The molecule has 32 heavy (non-hydrogen) atoms. The number of rotatable bonds is 8. The molecule has 172 valence electrons. The third-order valence-corrected chi connectivity index (χ3v) is 7.00. The maximum absolute atomic E-state index is 14.5. The molecule has 2 unspecified atom stereocenters. The molecule has 1 aromatic heterocycles. The van der Waals surface area contributed by atoms with Crippen LogP contribution in [0.25, 0.3) is 0 Å². The highest BCUT2D eigenvalue weighted by molar-refractivity contribution is 7.12. The standard InChI is InChI=1S/C27H33FO3S/c1-17-7-10-20(13-21(17)16-31-15-19-8-11-22(30-6)12-9-19)25(27(3,4)5)24-14-23(28)26(32-24)18(2)29/h7-14,18,25,29H,15-16H2,1-6H3. The normalized spacial score (nSPS) is 13.8. The number of aryl methyl sites for hydroxylation is 1. The molecule has 3 nitrogen and oxygen atoms in total. The Morgan fingerprint density at radius 1 is 1.03 bits per heavy atom. The van der Waals surface area contributed by atoms with Crippen LogP contribution in [0.3, 0.4) is 0 Å². The Hall–Kier alpha value is -2.21. The quantitative estimate of drug-likeness (QED) is 0.391. The van der Waals surface area contributed by atoms with E-state index < -0.39 is 6.10 Å². The van der Waals surface area contributed by atoms with Gasteiger partial charge in [-0.05, 0) is 59.7 Å². The fourth-order valence-corrected chi connectivity index (χ4v) is 5.30. The monoisotopic (exact) mass is 456 g/mol. The minimum atomic E-state index is -0.811. The zero-order valence-electron chi connectivity index (χ0n) is 19.7. The van der Waals surface area contributed by atoms with Gasteiger partial charge in [0.25, 0.3) is 0 Å². The van der Waals surface area contributed by atoms with Crippen LogP contribution in [0.1, 0.15) is 71.7 Å². The summed E-state index contributed by atoms with van der Waals surface area (Å²) in [6.45, 7) is 11.2. The number of methoxy groups -OCH3 is 1. The van der Waals surface area contributed by atoms with E-state index in [4.69, 9.17) is 9.47 Å². The first-order chi connectivity index (χ1) is 15.1. The molecule has 0 spiro atoms. The third kappa shape index (κ3) is 5.77. The van der Waals surface area contributed by atoms with Crippen molar-refractivity contribution in [2.24, 2.45) is 5.41 Å². The smallest absolute Gasteiger partial charge is 0.140 e. The number of aliphatic hydroxyl groups is 1. The number of hydrogen-bond acceptors (Lipinski definition) is 4. The summed E-state index contributed by atoms with van der Waals surface area (Å²) in [6, 6.07) is 15.9. The summed E-state index contributed by atoms with van der Waals surface area (Å²) < 4.78 is 25.7. The molecule has 1 N–H and O–H groups in total. The lowest BCUT2D eigenvalue weighted by Gasteiger charge is -2.31. The van der Waals surface area contributed by atoms with E-state index >= 15 is 0 Å². The molecule has 0 aliphatic carbocycles. The summed E-state index contributed by atoms with van der Waals surface area (Å²) in [5.74, 6) is 0.508. The average molecular weight is 457 g/mol. The topological polar surface area (TPSA) is 38.7 Å². The van der Waals surface area contributed by atoms with Gasteiger partial charge in [0.2, 0.25) is 0 Å². The van der Waals surface area contributed by atoms with E-state index in [0.29, 0.717) is 18.1 Å². The van der Waals surface area contributed by atoms with Crippen LogP contribution in [-0.4, -0.2) is 12.2 Å². The van der Waals surface area contributed by atoms with E-state index in [1.807, 2.05) is 24.3 Å². The summed E-state index contributed by atoms with van der Waals surface area (Å²) in [7, 11) is 1.65. The van der Waals surface area contributed by atoms with Crippen molar-refractivity contribution in [2.45, 2.75) is 59.9 Å². The summed E-state index contributed by atoms with van der Waals surface area (Å²) in [6.07, 6.45) is -0.811. The van der Waals surface area contributed by atoms with Gasteiger partial charge in [0, 0.05) is 10.8 Å². The second-order valence-electron chi connectivity index (χ2n) is 9.36. The number of ether oxygens (including phenoxy) is 2. The van der Waals surface area contributed by atoms with E-state index in [-0.39, 0.29) is 17.2 Å². The molecule has 0 saturated carbocycles. The molecule has 1 heterocycles. The van der Waals surface area contributed by atoms with Crippen LogP contribution in [0.2, 0.25) is 0 Å². The van der Waals surface area contributed by atoms with Gasteiger partial charge in [0.15, 0.2) is 0 Å². The predicted octanol–water partition coefficient (Wildman–Crippen LogP) is 7.15. The maximum atomic E-state index is 14.5. The van der Waals surface area contributed by atoms with Crippen LogP contribution in [0.5, 0.6) is 5.75 Å². The zero-order valence-corrected chi connectivity index (χ0v) is 20.6. The van der Waals surface area contributed by atoms with Crippen molar-refractivity contribution in [3.8, 4) is 5.75 Å². The highest BCUT2D eigenvalue weighted by Crippen LogP contribution is 2.45. The third-order valence-electron chi connectivity index (χ3n) is 5.65. The molecule has 0 aliphatic heterocycles. The second-order valence-corrected chi connectivity index (χ2v) is 10.5. The van der Waals surface area contributed by atoms with Gasteiger partial charge < -0.3 is 14.6 Å². The van der Waals surface area contributed by atoms with Crippen molar-refractivity contribution in [3.05, 3.63) is 86.4 Å². The van der Waals surface area contributed by atoms with E-state index in [1.165, 1.54) is 11.3 Å². The largest absolute Gasteiger partial charge is 0.497 e. The maximum Gasteiger partial charge on any atom is 0.140 e. The van der Waals surface area contributed by atoms with Crippen molar-refractivity contribution in [2.75, 3.05) is 7.11 Å². The van der Waals surface area contributed by atoms with Crippen LogP contribution in [-0.2, 0) is 18.0 Å². The molecule has 5 heteroatoms. The number of benzene rings is 2. The van der Waals surface area contributed by atoms with Gasteiger partial charge in [-0.25, -0.2) is 4.39 Å². The summed E-state index contributed by atoms with van der Waals surface area (Å²) in [4.78, 5) is 1.32. The Balaban J connectivity index is 1.83. The van der Waals surface area contributed by atoms with Crippen molar-refractivity contribution < 1.29 is 19.0 Å². The van der Waals surface area contributed by atoms with Crippen LogP contribution >= 0.6 is 11.3 Å². The van der Waals surface area contributed by atoms with Crippen LogP contribution in [0, 0.1) is 18.2 Å². The second kappa shape index (κ2) is 10.2. The lowest BCUT2D eigenvalue weighted by Crippen LogP contribution is -2.19. The minimum absolute atomic E-state index is 0.00966. The van der Waals surface area contributed by atoms with Crippen molar-refractivity contribution in [1.82, 2.24) is 0 Å². The first-order valence-corrected chi connectivity index (χ1v) is 11.7. The number of aliphatic hydroxyl groups excluding tert-OH is 1. The number of thiophene rings is 1. The van der Waals surface area contributed by atoms with Gasteiger partial charge in [-0.3, -0.25) is 0 Å². The molecule has 0 bridgehead atoms. The van der Waals surface area contributed by atoms with E-state index in [9.17, 15) is 9.50 Å². The lowest BCUT2D eigenvalue weighted by molar-refractivity contribution is 0.106. The Kier molecular flexibility index (Phi) is 7.75. The Labute approximate surface area is 194 Å². The number of hydrogen-bond donors (Lipinski definition) is 1. The van der Waals surface area contributed by atoms with Crippen molar-refractivity contribution in [3.63, 3.8) is 0 Å². The molecule has 0 radical (unpaired) electrons. The molecule has 0 amide bonds. The van der Waals surface area contributed by atoms with Crippen molar-refractivity contribution >= 4 is 11.3 Å². The zero-order chi connectivity index (χ0) is 23.5. The summed E-state index contributed by atoms with van der Waals surface area (Å²) in [5, 5.41) is 9.92. The molecule has 3 rings (SSSR count). The first kappa shape index (κ1) is 24.4. The lowest BCUT2D eigenvalue weighted by atomic mass is 9.75. The molecular weight excluding hydrogens is 423 g/mol. The van der Waals surface area contributed by atoms with Gasteiger partial charge in [-0.2, -0.15) is 0 Å². The summed E-state index contributed by atoms with van der Waals surface area (Å²) >= 11 is 1.36. The van der Waals surface area contributed by atoms with Crippen LogP contribution < -0.4 is 4.74 Å². The highest BCUT2D eigenvalue weighted by atomic mass is 32.1. The molecule has 0 fully saturated rings. The van der Waals surface area contributed by atoms with E-state index in [1.54, 1.807) is 20.1 Å². The fraction of sp³-hybridized carbons (Fsp3) is 0.407. The average Bonchev–Trinajstić information content (AvgIpc) is 3.11. The minimum Gasteiger partial charge on any atom is -0.497 e. The molecular formula is C27H33FO3S. The fourth-order valence-electron chi connectivity index (χ4n) is 3.95. The predicted molar refractivity (Wildman–Crippen MR) is 129 cm³/mol. The van der Waals surface area contributed by atoms with Gasteiger partial charge in [0.1, 0.15) is 11.6 Å². The first-order valence-electron chi connectivity index (χ1n) is 10.9.